The van der Waals surface area contributed by atoms with Crippen molar-refractivity contribution in [3.63, 3.8) is 0 Å². The van der Waals surface area contributed by atoms with Crippen molar-refractivity contribution in [2.24, 2.45) is 0 Å². The molecule has 3 aliphatic rings. The number of nitrogens with one attached hydrogen (secondary N) is 1. The molecule has 2 fully saturated rings. The molecule has 314 valence electrons. The van der Waals surface area contributed by atoms with Gasteiger partial charge in [0, 0.05) is 0 Å². The zero-order valence-corrected chi connectivity index (χ0v) is 30.0. The van der Waals surface area contributed by atoms with E-state index in [4.69, 9.17) is 23.7 Å². The molecule has 14 N–H and O–H groups in total. The van der Waals surface area contributed by atoms with Crippen LogP contribution in [0.4, 0.5) is 0 Å². The van der Waals surface area contributed by atoms with Crippen LogP contribution in [0.5, 0.6) is 5.75 Å². The molecule has 1 aromatic rings. The number of carbonyl (C=O) groups is 1. The van der Waals surface area contributed by atoms with Crippen molar-refractivity contribution in [3.8, 4) is 5.75 Å². The fourth-order valence-corrected chi connectivity index (χ4v) is 6.58. The van der Waals surface area contributed by atoms with Gasteiger partial charge in [-0.25, -0.2) is 0 Å². The normalized spacial score (nSPS) is 37.7. The van der Waals surface area contributed by atoms with E-state index in [2.05, 4.69) is 10.1 Å². The van der Waals surface area contributed by atoms with E-state index in [1.165, 1.54) is 32.2 Å². The van der Waals surface area contributed by atoms with E-state index >= 15 is 0 Å². The Balaban J connectivity index is 1.37. The van der Waals surface area contributed by atoms with Crippen LogP contribution in [-0.4, -0.2) is 216 Å². The van der Waals surface area contributed by atoms with E-state index in [-0.39, 0.29) is 17.7 Å². The Hall–Kier alpha value is -2.49. The summed E-state index contributed by atoms with van der Waals surface area (Å²) in [6, 6.07) is 3.91. The second-order valence-electron chi connectivity index (χ2n) is 13.7. The first-order valence-electron chi connectivity index (χ1n) is 17.6. The Morgan fingerprint density at radius 1 is 0.873 bits per heavy atom. The zero-order chi connectivity index (χ0) is 40.7. The van der Waals surface area contributed by atoms with Crippen molar-refractivity contribution in [1.82, 2.24) is 5.32 Å². The van der Waals surface area contributed by atoms with Crippen LogP contribution in [0, 0.1) is 0 Å². The number of ether oxygens (including phenoxy) is 6. The summed E-state index contributed by atoms with van der Waals surface area (Å²) < 4.78 is 32.8. The predicted molar refractivity (Wildman–Crippen MR) is 181 cm³/mol. The second kappa shape index (κ2) is 20.3. The van der Waals surface area contributed by atoms with Crippen LogP contribution < -0.4 is 10.1 Å². The fourth-order valence-electron chi connectivity index (χ4n) is 6.58. The molecule has 21 nitrogen and oxygen atoms in total. The molecular formula is C34H53NO20. The summed E-state index contributed by atoms with van der Waals surface area (Å²) in [6.07, 6.45) is -25.9. The highest BCUT2D eigenvalue weighted by Gasteiger charge is 2.50. The number of benzene rings is 1. The number of methoxy groups -OCH3 is 1. The first-order chi connectivity index (χ1) is 26.1. The summed E-state index contributed by atoms with van der Waals surface area (Å²) in [4.78, 5) is 11.6. The number of aliphatic hydroxyl groups is 13. The standard InChI is InChI=1S/C34H53NO20/c1-13-22(35-17-8-15(9-36)23(42)27(46)24(17)43)26(45)29(48)33(52-13)55-31(18(39)10-37)25(44)19(40)12-51-32-20(11-38)54-34(30(49)28(32)47)53-16-5-3-4-14(6-16)7-21(41)50-2/h3-6,8,13,17-20,22-40,42-49H,7,9-12H2,1-2H3. The van der Waals surface area contributed by atoms with E-state index < -0.39 is 143 Å². The Labute approximate surface area is 315 Å². The van der Waals surface area contributed by atoms with Crippen molar-refractivity contribution < 1.29 is 99.6 Å². The van der Waals surface area contributed by atoms with Gasteiger partial charge < -0.3 is 100 Å². The third kappa shape index (κ3) is 10.7. The van der Waals surface area contributed by atoms with Gasteiger partial charge in [0.25, 0.3) is 0 Å². The molecule has 0 saturated carbocycles. The smallest absolute Gasteiger partial charge is 0.309 e. The number of carbonyl (C=O) groups excluding carboxylic acids is 1. The van der Waals surface area contributed by atoms with E-state index in [0.29, 0.717) is 5.56 Å². The SMILES string of the molecule is COC(=O)Cc1cccc(OC2OC(CO)C(OCC(O)C(O)C(OC3OC(C)C(NC4C=C(CO)C(O)C(O)C4O)C(O)C3O)C(O)CO)C(O)C2O)c1. The molecule has 2 saturated heterocycles. The van der Waals surface area contributed by atoms with Crippen LogP contribution >= 0.6 is 0 Å². The number of esters is 1. The summed E-state index contributed by atoms with van der Waals surface area (Å²) >= 11 is 0. The average Bonchev–Trinajstić information content (AvgIpc) is 3.17. The van der Waals surface area contributed by atoms with Gasteiger partial charge in [-0.2, -0.15) is 0 Å². The molecule has 55 heavy (non-hydrogen) atoms. The zero-order valence-electron chi connectivity index (χ0n) is 30.0. The van der Waals surface area contributed by atoms with Crippen molar-refractivity contribution in [2.45, 2.75) is 123 Å². The van der Waals surface area contributed by atoms with Gasteiger partial charge in [0.05, 0.1) is 58.1 Å². The lowest BCUT2D eigenvalue weighted by molar-refractivity contribution is -0.310. The quantitative estimate of drug-likeness (QED) is 0.0514. The molecule has 2 heterocycles. The number of hydrogen-bond acceptors (Lipinski definition) is 21. The highest BCUT2D eigenvalue weighted by atomic mass is 16.7. The lowest BCUT2D eigenvalue weighted by Gasteiger charge is -2.46. The van der Waals surface area contributed by atoms with Crippen molar-refractivity contribution in [2.75, 3.05) is 33.5 Å². The van der Waals surface area contributed by atoms with Gasteiger partial charge in [-0.3, -0.25) is 4.79 Å². The summed E-state index contributed by atoms with van der Waals surface area (Å²) in [5.74, 6) is -0.355. The molecule has 18 atom stereocenters. The lowest BCUT2D eigenvalue weighted by atomic mass is 9.86. The van der Waals surface area contributed by atoms with Gasteiger partial charge in [0.2, 0.25) is 6.29 Å². The summed E-state index contributed by atoms with van der Waals surface area (Å²) in [5.41, 5.74) is 0.513. The molecule has 21 heteroatoms. The van der Waals surface area contributed by atoms with Crippen molar-refractivity contribution in [3.05, 3.63) is 41.5 Å². The maximum Gasteiger partial charge on any atom is 0.309 e. The van der Waals surface area contributed by atoms with Gasteiger partial charge in [0.1, 0.15) is 85.1 Å². The Morgan fingerprint density at radius 2 is 1.56 bits per heavy atom. The molecule has 0 amide bonds. The molecule has 0 aromatic heterocycles. The Kier molecular flexibility index (Phi) is 16.7. The molecule has 0 radical (unpaired) electrons. The Morgan fingerprint density at radius 3 is 2.20 bits per heavy atom. The third-order valence-electron chi connectivity index (χ3n) is 9.83. The van der Waals surface area contributed by atoms with E-state index in [9.17, 15) is 71.2 Å². The van der Waals surface area contributed by atoms with E-state index in [0.717, 1.165) is 0 Å². The highest BCUT2D eigenvalue weighted by molar-refractivity contribution is 5.72. The van der Waals surface area contributed by atoms with Gasteiger partial charge in [-0.15, -0.1) is 0 Å². The molecule has 1 aliphatic carbocycles. The maximum absolute atomic E-state index is 11.6. The predicted octanol–water partition coefficient (Wildman–Crippen LogP) is -7.13. The molecule has 4 rings (SSSR count). The summed E-state index contributed by atoms with van der Waals surface area (Å²) in [6.45, 7) is -1.83. The fraction of sp³-hybridized carbons (Fsp3) is 0.735. The first-order valence-corrected chi connectivity index (χ1v) is 17.6. The number of hydrogen-bond donors (Lipinski definition) is 14. The molecule has 18 unspecified atom stereocenters. The molecule has 0 bridgehead atoms. The maximum atomic E-state index is 11.6. The van der Waals surface area contributed by atoms with Crippen LogP contribution in [0.15, 0.2) is 35.9 Å². The Bertz CT molecular complexity index is 1390. The molecule has 2 aliphatic heterocycles. The number of rotatable bonds is 17. The number of aliphatic hydroxyl groups excluding tert-OH is 13. The average molecular weight is 796 g/mol. The van der Waals surface area contributed by atoms with Gasteiger partial charge in [-0.1, -0.05) is 18.2 Å². The first kappa shape index (κ1) is 45.2. The monoisotopic (exact) mass is 795 g/mol. The van der Waals surface area contributed by atoms with E-state index in [1.807, 2.05) is 0 Å². The minimum Gasteiger partial charge on any atom is -0.469 e. The van der Waals surface area contributed by atoms with Crippen LogP contribution in [-0.2, 0) is 34.9 Å². The van der Waals surface area contributed by atoms with Gasteiger partial charge in [-0.05, 0) is 30.2 Å². The molecular weight excluding hydrogens is 742 g/mol. The van der Waals surface area contributed by atoms with Crippen LogP contribution in [0.2, 0.25) is 0 Å². The molecule has 1 aromatic carbocycles. The van der Waals surface area contributed by atoms with Crippen LogP contribution in [0.3, 0.4) is 0 Å². The minimum absolute atomic E-state index is 0.00342. The topological polar surface area (TPSA) is 347 Å². The van der Waals surface area contributed by atoms with Crippen LogP contribution in [0.25, 0.3) is 0 Å². The lowest BCUT2D eigenvalue weighted by Crippen LogP contribution is -2.67. The van der Waals surface area contributed by atoms with Crippen LogP contribution in [0.1, 0.15) is 12.5 Å². The van der Waals surface area contributed by atoms with Gasteiger partial charge >= 0.3 is 5.97 Å². The van der Waals surface area contributed by atoms with Gasteiger partial charge in [0.15, 0.2) is 6.29 Å². The summed E-state index contributed by atoms with van der Waals surface area (Å²) in [7, 11) is 1.23. The highest BCUT2D eigenvalue weighted by Crippen LogP contribution is 2.30. The van der Waals surface area contributed by atoms with Crippen molar-refractivity contribution >= 4 is 5.97 Å². The van der Waals surface area contributed by atoms with E-state index in [1.54, 1.807) is 12.1 Å². The largest absolute Gasteiger partial charge is 0.469 e. The second-order valence-corrected chi connectivity index (χ2v) is 13.7. The van der Waals surface area contributed by atoms with Crippen molar-refractivity contribution in [1.29, 1.82) is 0 Å². The molecule has 0 spiro atoms. The minimum atomic E-state index is -2.10. The summed E-state index contributed by atoms with van der Waals surface area (Å²) in [5, 5.41) is 139. The third-order valence-corrected chi connectivity index (χ3v) is 9.83.